The highest BCUT2D eigenvalue weighted by atomic mass is 79.9. The Morgan fingerprint density at radius 2 is 1.65 bits per heavy atom. The molecule has 1 atom stereocenters. The largest absolute Gasteiger partial charge is 0.494 e. The van der Waals surface area contributed by atoms with Crippen molar-refractivity contribution < 1.29 is 28.5 Å². The van der Waals surface area contributed by atoms with Crippen LogP contribution in [0.4, 0.5) is 34.5 Å². The molecule has 3 aromatic carbocycles. The first kappa shape index (κ1) is 50.1. The number of imide groups is 1. The number of nitrogens with zero attached hydrogens (tertiary/aromatic N) is 7. The van der Waals surface area contributed by atoms with Crippen molar-refractivity contribution in [3.05, 3.63) is 87.1 Å². The summed E-state index contributed by atoms with van der Waals surface area (Å²) in [5.74, 6) is 0.611. The van der Waals surface area contributed by atoms with Crippen LogP contribution in [0.3, 0.4) is 0 Å². The first-order valence-corrected chi connectivity index (χ1v) is 28.1. The fraction of sp³-hybridized carbons (Fsp3) is 0.453. The van der Waals surface area contributed by atoms with Crippen molar-refractivity contribution in [2.75, 3.05) is 80.1 Å². The molecular formula is C53H64BrN10O6P. The summed E-state index contributed by atoms with van der Waals surface area (Å²) < 4.78 is 20.4. The molecule has 0 spiro atoms. The topological polar surface area (TPSA) is 182 Å². The lowest BCUT2D eigenvalue weighted by molar-refractivity contribution is -0.136. The lowest BCUT2D eigenvalue weighted by atomic mass is 9.80. The highest BCUT2D eigenvalue weighted by Crippen LogP contribution is 2.47. The van der Waals surface area contributed by atoms with Gasteiger partial charge in [-0.3, -0.25) is 39.3 Å². The number of aromatic nitrogens is 3. The summed E-state index contributed by atoms with van der Waals surface area (Å²) in [5, 5.41) is 10.8. The fourth-order valence-corrected chi connectivity index (χ4v) is 12.8. The lowest BCUT2D eigenvalue weighted by Gasteiger charge is -2.43. The number of benzene rings is 3. The average Bonchev–Trinajstić information content (AvgIpc) is 3.55. The van der Waals surface area contributed by atoms with E-state index in [1.165, 1.54) is 5.56 Å². The van der Waals surface area contributed by atoms with Crippen LogP contribution in [0.5, 0.6) is 5.75 Å². The number of amides is 4. The van der Waals surface area contributed by atoms with Gasteiger partial charge in [-0.1, -0.05) is 26.0 Å². The summed E-state index contributed by atoms with van der Waals surface area (Å²) in [5.41, 5.74) is 7.84. The van der Waals surface area contributed by atoms with E-state index in [1.807, 2.05) is 62.1 Å². The van der Waals surface area contributed by atoms with E-state index in [1.54, 1.807) is 31.5 Å². The second kappa shape index (κ2) is 20.0. The van der Waals surface area contributed by atoms with Crippen LogP contribution in [-0.4, -0.2) is 120 Å². The molecule has 18 heteroatoms. The molecule has 0 aliphatic carbocycles. The predicted octanol–water partition coefficient (Wildman–Crippen LogP) is 7.75. The Morgan fingerprint density at radius 1 is 0.901 bits per heavy atom. The number of carbonyl (C=O) groups is 4. The van der Waals surface area contributed by atoms with Gasteiger partial charge in [0.05, 0.1) is 40.3 Å². The molecule has 3 fully saturated rings. The Hall–Kier alpha value is -5.90. The van der Waals surface area contributed by atoms with Gasteiger partial charge in [-0.25, -0.2) is 4.98 Å². The Bertz CT molecular complexity index is 3000. The molecule has 3 N–H and O–H groups in total. The fourth-order valence-electron chi connectivity index (χ4n) is 11.0. The minimum atomic E-state index is -2.76. The number of carbonyl (C=O) groups excluding carboxylic acids is 4. The molecule has 374 valence electrons. The molecule has 71 heavy (non-hydrogen) atoms. The van der Waals surface area contributed by atoms with Crippen molar-refractivity contribution in [1.29, 1.82) is 0 Å². The third-order valence-corrected chi connectivity index (χ3v) is 17.0. The number of anilines is 6. The van der Waals surface area contributed by atoms with E-state index in [2.05, 4.69) is 72.6 Å². The van der Waals surface area contributed by atoms with Crippen molar-refractivity contribution >= 4 is 97.4 Å². The molecule has 1 unspecified atom stereocenters. The van der Waals surface area contributed by atoms with Gasteiger partial charge in [0.15, 0.2) is 0 Å². The van der Waals surface area contributed by atoms with E-state index in [4.69, 9.17) is 14.7 Å². The highest BCUT2D eigenvalue weighted by molar-refractivity contribution is 9.10. The van der Waals surface area contributed by atoms with Gasteiger partial charge in [-0.05, 0) is 135 Å². The van der Waals surface area contributed by atoms with Crippen LogP contribution in [-0.2, 0) is 48.4 Å². The number of ether oxygens (including phenoxy) is 1. The summed E-state index contributed by atoms with van der Waals surface area (Å²) in [6.07, 6.45) is 5.90. The predicted molar refractivity (Wildman–Crippen MR) is 284 cm³/mol. The van der Waals surface area contributed by atoms with E-state index in [0.29, 0.717) is 52.5 Å². The maximum absolute atomic E-state index is 14.1. The molecular weight excluding hydrogens is 984 g/mol. The molecule has 16 nitrogen and oxygen atoms in total. The number of piperazine rings is 1. The van der Waals surface area contributed by atoms with Gasteiger partial charge in [0.25, 0.3) is 0 Å². The Kier molecular flexibility index (Phi) is 14.1. The van der Waals surface area contributed by atoms with Crippen LogP contribution in [0.1, 0.15) is 81.3 Å². The van der Waals surface area contributed by atoms with Crippen LogP contribution < -0.4 is 35.8 Å². The standard InChI is InChI=1S/C53H64BrN10O6P/c1-9-32-27-40(58-52-55-30-37(54)49(60-52)57-39-15-14-38-35(48(39)71(7,8)69)13-12-33(10-2)56-38)44(70-6)29-43(32)62-21-19-34(20-22-62)61-23-25-63(26-24-61)46(66)28-36-31(3)11-16-41-47(36)53(4,5)51(68)64(41)42-17-18-45(65)59-50(42)67/h11-16,27,29-30,34,42H,9-10,17-26,28H2,1-8H3,(H,59,65,67)(H2,55,57,58,60). The number of hydrogen-bond acceptors (Lipinski definition) is 13. The summed E-state index contributed by atoms with van der Waals surface area (Å²) >= 11 is 3.63. The normalized spacial score (nSPS) is 18.7. The molecule has 2 aromatic heterocycles. The van der Waals surface area contributed by atoms with E-state index in [9.17, 15) is 23.7 Å². The number of methoxy groups -OCH3 is 1. The van der Waals surface area contributed by atoms with Crippen LogP contribution in [0.15, 0.2) is 59.2 Å². The summed E-state index contributed by atoms with van der Waals surface area (Å²) in [7, 11) is -1.09. The van der Waals surface area contributed by atoms with Gasteiger partial charge in [0.2, 0.25) is 29.6 Å². The number of piperidine rings is 2. The van der Waals surface area contributed by atoms with Gasteiger partial charge in [-0.15, -0.1) is 0 Å². The maximum Gasteiger partial charge on any atom is 0.249 e. The van der Waals surface area contributed by atoms with Crippen molar-refractivity contribution in [3.8, 4) is 5.75 Å². The first-order valence-electron chi connectivity index (χ1n) is 24.7. The van der Waals surface area contributed by atoms with Gasteiger partial charge in [0, 0.05) is 91.8 Å². The molecule has 4 aliphatic rings. The van der Waals surface area contributed by atoms with Gasteiger partial charge >= 0.3 is 0 Å². The van der Waals surface area contributed by atoms with E-state index < -0.39 is 24.5 Å². The molecule has 5 aromatic rings. The molecule has 9 rings (SSSR count). The van der Waals surface area contributed by atoms with Crippen LogP contribution in [0.25, 0.3) is 10.9 Å². The summed E-state index contributed by atoms with van der Waals surface area (Å²) in [4.78, 5) is 75.6. The lowest BCUT2D eigenvalue weighted by Crippen LogP contribution is -2.55. The minimum Gasteiger partial charge on any atom is -0.494 e. The zero-order chi connectivity index (χ0) is 50.5. The monoisotopic (exact) mass is 1050 g/mol. The minimum absolute atomic E-state index is 0.0328. The number of rotatable bonds is 13. The highest BCUT2D eigenvalue weighted by Gasteiger charge is 2.50. The Labute approximate surface area is 424 Å². The number of halogens is 1. The molecule has 0 bridgehead atoms. The smallest absolute Gasteiger partial charge is 0.249 e. The van der Waals surface area contributed by atoms with E-state index >= 15 is 0 Å². The zero-order valence-corrected chi connectivity index (χ0v) is 44.4. The summed E-state index contributed by atoms with van der Waals surface area (Å²) in [6.45, 7) is 18.1. The van der Waals surface area contributed by atoms with Crippen molar-refractivity contribution in [1.82, 2.24) is 30.1 Å². The molecule has 4 aliphatic heterocycles. The number of aryl methyl sites for hydroxylation is 3. The molecule has 3 saturated heterocycles. The SMILES string of the molecule is CCc1ccc2c(P(C)(C)=O)c(Nc3nc(Nc4cc(CC)c(N5CCC(N6CCN(C(=O)Cc7c(C)ccc8c7C(C)(C)C(=O)N8C7CCC(=O)NC7=O)CC6)CC5)cc4OC)ncc3Br)ccc2n1. The zero-order valence-electron chi connectivity index (χ0n) is 41.9. The second-order valence-corrected chi connectivity index (χ2v) is 24.0. The average molecular weight is 1050 g/mol. The third kappa shape index (κ3) is 9.77. The van der Waals surface area contributed by atoms with Crippen molar-refractivity contribution in [2.24, 2.45) is 0 Å². The van der Waals surface area contributed by atoms with Crippen LogP contribution in [0, 0.1) is 6.92 Å². The van der Waals surface area contributed by atoms with Gasteiger partial charge in [0.1, 0.15) is 24.8 Å². The quantitative estimate of drug-likeness (QED) is 0.0770. The Morgan fingerprint density at radius 3 is 2.32 bits per heavy atom. The van der Waals surface area contributed by atoms with Gasteiger partial charge < -0.3 is 29.7 Å². The van der Waals surface area contributed by atoms with Crippen molar-refractivity contribution in [3.63, 3.8) is 0 Å². The summed E-state index contributed by atoms with van der Waals surface area (Å²) in [6, 6.07) is 15.5. The second-order valence-electron chi connectivity index (χ2n) is 20.0. The molecule has 6 heterocycles. The van der Waals surface area contributed by atoms with Crippen LogP contribution >= 0.6 is 23.1 Å². The van der Waals surface area contributed by atoms with Gasteiger partial charge in [-0.2, -0.15) is 4.98 Å². The number of pyridine rings is 1. The van der Waals surface area contributed by atoms with Crippen molar-refractivity contribution in [2.45, 2.75) is 97.1 Å². The third-order valence-electron chi connectivity index (χ3n) is 14.8. The number of hydrogen-bond donors (Lipinski definition) is 3. The van der Waals surface area contributed by atoms with E-state index in [0.717, 1.165) is 102 Å². The van der Waals surface area contributed by atoms with E-state index in [-0.39, 0.29) is 37.0 Å². The number of nitrogens with one attached hydrogen (secondary N) is 3. The molecule has 0 radical (unpaired) electrons. The first-order chi connectivity index (χ1) is 33.9. The molecule has 4 amide bonds. The molecule has 0 saturated carbocycles. The van der Waals surface area contributed by atoms with Crippen LogP contribution in [0.2, 0.25) is 0 Å². The number of fused-ring (bicyclic) bond motifs is 2. The maximum atomic E-state index is 14.1. The Balaban J connectivity index is 0.833.